The van der Waals surface area contributed by atoms with Crippen LogP contribution < -0.4 is 0 Å². The molecule has 7 nitrogen and oxygen atoms in total. The normalized spacial score (nSPS) is 19.9. The van der Waals surface area contributed by atoms with Crippen molar-refractivity contribution in [2.45, 2.75) is 0 Å². The summed E-state index contributed by atoms with van der Waals surface area (Å²) in [4.78, 5) is 1.85. The molecule has 0 aliphatic carbocycles. The molecule has 0 radical (unpaired) electrons. The van der Waals surface area contributed by atoms with Crippen molar-refractivity contribution in [3.05, 3.63) is 73.4 Å². The Balaban J connectivity index is 1.89. The first-order chi connectivity index (χ1) is 10.9. The van der Waals surface area contributed by atoms with Gasteiger partial charge in [0.25, 0.3) is 0 Å². The molecule has 0 aromatic rings. The Morgan fingerprint density at radius 3 is 1.27 bits per heavy atom. The van der Waals surface area contributed by atoms with Crippen molar-refractivity contribution in [3.8, 4) is 0 Å². The number of ether oxygens (including phenoxy) is 6. The van der Waals surface area contributed by atoms with Gasteiger partial charge in [-0.25, -0.2) is 0 Å². The first-order valence-corrected chi connectivity index (χ1v) is 6.58. The maximum Gasteiger partial charge on any atom is 0.131 e. The standard InChI is InChI=1S/C15H15NO6/c1-2-18-8-13(7-17-1)16(14-9-19-3-4-20-10-14)15-11-21-5-6-22-12-15/h1-7,9,11H,8,10,12H2. The predicted octanol–water partition coefficient (Wildman–Crippen LogP) is 2.37. The highest BCUT2D eigenvalue weighted by molar-refractivity contribution is 5.23. The van der Waals surface area contributed by atoms with Crippen molar-refractivity contribution in [2.24, 2.45) is 0 Å². The fourth-order valence-electron chi connectivity index (χ4n) is 1.98. The van der Waals surface area contributed by atoms with Crippen LogP contribution in [0.4, 0.5) is 0 Å². The van der Waals surface area contributed by atoms with Crippen molar-refractivity contribution in [1.82, 2.24) is 4.90 Å². The monoisotopic (exact) mass is 305 g/mol. The largest absolute Gasteiger partial charge is 0.492 e. The van der Waals surface area contributed by atoms with E-state index >= 15 is 0 Å². The summed E-state index contributed by atoms with van der Waals surface area (Å²) in [5.41, 5.74) is 2.22. The van der Waals surface area contributed by atoms with Crippen molar-refractivity contribution in [2.75, 3.05) is 19.8 Å². The molecular weight excluding hydrogens is 290 g/mol. The van der Waals surface area contributed by atoms with Gasteiger partial charge in [0.15, 0.2) is 0 Å². The molecule has 0 unspecified atom stereocenters. The summed E-state index contributed by atoms with van der Waals surface area (Å²) in [6, 6.07) is 0. The van der Waals surface area contributed by atoms with E-state index in [0.29, 0.717) is 19.8 Å². The number of rotatable bonds is 3. The molecular formula is C15H15NO6. The highest BCUT2D eigenvalue weighted by atomic mass is 16.5. The van der Waals surface area contributed by atoms with Gasteiger partial charge in [0.05, 0.1) is 17.1 Å². The van der Waals surface area contributed by atoms with E-state index in [-0.39, 0.29) is 0 Å². The van der Waals surface area contributed by atoms with Crippen LogP contribution in [0.15, 0.2) is 73.4 Å². The Morgan fingerprint density at radius 1 is 0.545 bits per heavy atom. The van der Waals surface area contributed by atoms with Gasteiger partial charge in [-0.3, -0.25) is 0 Å². The number of nitrogens with zero attached hydrogens (tertiary/aromatic N) is 1. The minimum absolute atomic E-state index is 0.312. The second-order valence-electron chi connectivity index (χ2n) is 4.32. The van der Waals surface area contributed by atoms with E-state index in [9.17, 15) is 0 Å². The van der Waals surface area contributed by atoms with Gasteiger partial charge in [0, 0.05) is 0 Å². The van der Waals surface area contributed by atoms with Gasteiger partial charge in [-0.1, -0.05) is 0 Å². The van der Waals surface area contributed by atoms with Gasteiger partial charge in [-0.15, -0.1) is 0 Å². The number of hydrogen-bond acceptors (Lipinski definition) is 7. The molecule has 3 aliphatic rings. The van der Waals surface area contributed by atoms with Crippen LogP contribution in [0.2, 0.25) is 0 Å². The molecule has 0 aromatic heterocycles. The zero-order valence-corrected chi connectivity index (χ0v) is 11.7. The lowest BCUT2D eigenvalue weighted by Crippen LogP contribution is -2.28. The lowest BCUT2D eigenvalue weighted by Gasteiger charge is -2.28. The van der Waals surface area contributed by atoms with E-state index in [1.165, 1.54) is 37.6 Å². The van der Waals surface area contributed by atoms with Crippen molar-refractivity contribution >= 4 is 0 Å². The van der Waals surface area contributed by atoms with Crippen LogP contribution in [0.5, 0.6) is 0 Å². The highest BCUT2D eigenvalue weighted by Crippen LogP contribution is 2.25. The Labute approximate surface area is 127 Å². The maximum atomic E-state index is 5.37. The topological polar surface area (TPSA) is 58.6 Å². The highest BCUT2D eigenvalue weighted by Gasteiger charge is 2.23. The Morgan fingerprint density at radius 2 is 0.909 bits per heavy atom. The van der Waals surface area contributed by atoms with Gasteiger partial charge >= 0.3 is 0 Å². The van der Waals surface area contributed by atoms with Crippen LogP contribution >= 0.6 is 0 Å². The molecule has 22 heavy (non-hydrogen) atoms. The molecule has 0 atom stereocenters. The van der Waals surface area contributed by atoms with Crippen LogP contribution in [0.25, 0.3) is 0 Å². The molecule has 7 heteroatoms. The lowest BCUT2D eigenvalue weighted by atomic mass is 10.3. The Kier molecular flexibility index (Phi) is 4.56. The van der Waals surface area contributed by atoms with E-state index in [4.69, 9.17) is 28.4 Å². The summed E-state index contributed by atoms with van der Waals surface area (Å²) in [6.07, 6.45) is 13.6. The van der Waals surface area contributed by atoms with E-state index < -0.39 is 0 Å². The van der Waals surface area contributed by atoms with Gasteiger partial charge in [0.1, 0.15) is 76.2 Å². The van der Waals surface area contributed by atoms with Crippen LogP contribution in [0.3, 0.4) is 0 Å². The third kappa shape index (κ3) is 3.38. The van der Waals surface area contributed by atoms with E-state index in [1.54, 1.807) is 18.8 Å². The Bertz CT molecular complexity index is 492. The molecule has 116 valence electrons. The average molecular weight is 305 g/mol. The fraction of sp³-hybridized carbons (Fsp3) is 0.200. The third-order valence-electron chi connectivity index (χ3n) is 2.86. The predicted molar refractivity (Wildman–Crippen MR) is 74.6 cm³/mol. The van der Waals surface area contributed by atoms with Gasteiger partial charge in [-0.2, -0.15) is 0 Å². The van der Waals surface area contributed by atoms with Crippen LogP contribution in [0.1, 0.15) is 0 Å². The first kappa shape index (κ1) is 14.0. The van der Waals surface area contributed by atoms with Gasteiger partial charge in [0.2, 0.25) is 0 Å². The van der Waals surface area contributed by atoms with E-state index in [0.717, 1.165) is 17.1 Å². The molecule has 0 spiro atoms. The van der Waals surface area contributed by atoms with E-state index in [1.807, 2.05) is 4.90 Å². The van der Waals surface area contributed by atoms with E-state index in [2.05, 4.69) is 0 Å². The van der Waals surface area contributed by atoms with Crippen molar-refractivity contribution in [3.63, 3.8) is 0 Å². The second-order valence-corrected chi connectivity index (χ2v) is 4.32. The first-order valence-electron chi connectivity index (χ1n) is 6.58. The summed E-state index contributed by atoms with van der Waals surface area (Å²) in [5, 5.41) is 0. The summed E-state index contributed by atoms with van der Waals surface area (Å²) in [7, 11) is 0. The van der Waals surface area contributed by atoms with Gasteiger partial charge < -0.3 is 33.3 Å². The molecule has 0 aromatic carbocycles. The molecule has 3 aliphatic heterocycles. The molecule has 0 saturated carbocycles. The van der Waals surface area contributed by atoms with Crippen LogP contribution in [-0.2, 0) is 28.4 Å². The molecule has 3 heterocycles. The quantitative estimate of drug-likeness (QED) is 0.793. The lowest BCUT2D eigenvalue weighted by molar-refractivity contribution is 0.207. The smallest absolute Gasteiger partial charge is 0.131 e. The zero-order valence-electron chi connectivity index (χ0n) is 11.7. The minimum atomic E-state index is 0.312. The van der Waals surface area contributed by atoms with Crippen LogP contribution in [-0.4, -0.2) is 24.7 Å². The number of hydrogen-bond donors (Lipinski definition) is 0. The maximum absolute atomic E-state index is 5.37. The molecule has 0 bridgehead atoms. The average Bonchev–Trinajstić information content (AvgIpc) is 3.04. The molecule has 0 amide bonds. The SMILES string of the molecule is C1=COCC(N(C2=COC=COC2)C2=COC=COC2)=CO1. The Hall–Kier alpha value is -2.96. The summed E-state index contributed by atoms with van der Waals surface area (Å²) in [5.74, 6) is 0. The molecule has 0 N–H and O–H groups in total. The summed E-state index contributed by atoms with van der Waals surface area (Å²) >= 11 is 0. The second kappa shape index (κ2) is 7.16. The molecule has 0 fully saturated rings. The minimum Gasteiger partial charge on any atom is -0.492 e. The zero-order chi connectivity index (χ0) is 15.0. The van der Waals surface area contributed by atoms with Crippen LogP contribution in [0, 0.1) is 0 Å². The van der Waals surface area contributed by atoms with Crippen molar-refractivity contribution in [1.29, 1.82) is 0 Å². The summed E-state index contributed by atoms with van der Waals surface area (Å²) in [6.45, 7) is 0.935. The molecule has 0 saturated heterocycles. The fourth-order valence-corrected chi connectivity index (χ4v) is 1.98. The summed E-state index contributed by atoms with van der Waals surface area (Å²) < 4.78 is 31.9. The van der Waals surface area contributed by atoms with Crippen molar-refractivity contribution < 1.29 is 28.4 Å². The van der Waals surface area contributed by atoms with Gasteiger partial charge in [-0.05, 0) is 0 Å². The molecule has 3 rings (SSSR count). The third-order valence-corrected chi connectivity index (χ3v) is 2.86.